The predicted octanol–water partition coefficient (Wildman–Crippen LogP) is 3.37. The second kappa shape index (κ2) is 5.59. The molecule has 0 aliphatic rings. The second-order valence-electron chi connectivity index (χ2n) is 3.96. The molecule has 2 rings (SSSR count). The zero-order valence-electron chi connectivity index (χ0n) is 9.78. The molecule has 3 nitrogen and oxygen atoms in total. The van der Waals surface area contributed by atoms with Gasteiger partial charge in [0.1, 0.15) is 5.69 Å². The van der Waals surface area contributed by atoms with Crippen LogP contribution in [0.5, 0.6) is 0 Å². The maximum atomic E-state index is 11.9. The van der Waals surface area contributed by atoms with Crippen molar-refractivity contribution >= 4 is 33.4 Å². The van der Waals surface area contributed by atoms with Gasteiger partial charge in [-0.15, -0.1) is 0 Å². The molecule has 0 unspecified atom stereocenters. The average molecular weight is 328 g/mol. The quantitative estimate of drug-likeness (QED) is 0.921. The second-order valence-corrected chi connectivity index (χ2v) is 5.32. The molecule has 1 aromatic heterocycles. The lowest BCUT2D eigenvalue weighted by Crippen LogP contribution is -2.24. The van der Waals surface area contributed by atoms with Crippen molar-refractivity contribution in [1.29, 1.82) is 0 Å². The molecule has 2 aromatic rings. The number of hydrogen-bond acceptors (Lipinski definition) is 1. The fraction of sp³-hybridized carbons (Fsp3) is 0.154. The summed E-state index contributed by atoms with van der Waals surface area (Å²) in [7, 11) is 1.84. The fourth-order valence-corrected chi connectivity index (χ4v) is 2.28. The van der Waals surface area contributed by atoms with Gasteiger partial charge >= 0.3 is 0 Å². The van der Waals surface area contributed by atoms with E-state index in [0.29, 0.717) is 17.3 Å². The van der Waals surface area contributed by atoms with E-state index in [2.05, 4.69) is 21.2 Å². The van der Waals surface area contributed by atoms with Crippen LogP contribution in [0.3, 0.4) is 0 Å². The molecule has 0 aliphatic heterocycles. The van der Waals surface area contributed by atoms with Crippen LogP contribution in [-0.4, -0.2) is 10.5 Å². The molecular formula is C13H12BrClN2O. The van der Waals surface area contributed by atoms with Crippen LogP contribution >= 0.6 is 27.5 Å². The predicted molar refractivity (Wildman–Crippen MR) is 75.7 cm³/mol. The molecule has 1 N–H and O–H groups in total. The Balaban J connectivity index is 2.00. The Hall–Kier alpha value is -1.26. The van der Waals surface area contributed by atoms with Crippen molar-refractivity contribution in [1.82, 2.24) is 9.88 Å². The van der Waals surface area contributed by atoms with Crippen LogP contribution in [0, 0.1) is 0 Å². The van der Waals surface area contributed by atoms with Gasteiger partial charge in [0.25, 0.3) is 5.91 Å². The Morgan fingerprint density at radius 3 is 2.61 bits per heavy atom. The number of halogens is 2. The molecule has 1 aromatic carbocycles. The molecule has 18 heavy (non-hydrogen) atoms. The average Bonchev–Trinajstić information content (AvgIpc) is 2.67. The Bertz CT molecular complexity index is 563. The molecule has 0 saturated carbocycles. The molecule has 0 aliphatic carbocycles. The number of hydrogen-bond donors (Lipinski definition) is 1. The van der Waals surface area contributed by atoms with Gasteiger partial charge in [0.15, 0.2) is 0 Å². The van der Waals surface area contributed by atoms with Crippen LogP contribution in [0.25, 0.3) is 0 Å². The summed E-state index contributed by atoms with van der Waals surface area (Å²) < 4.78 is 2.67. The van der Waals surface area contributed by atoms with Crippen molar-refractivity contribution < 1.29 is 4.79 Å². The van der Waals surface area contributed by atoms with Crippen LogP contribution in [0.2, 0.25) is 5.02 Å². The van der Waals surface area contributed by atoms with Gasteiger partial charge in [-0.25, -0.2) is 0 Å². The molecule has 0 bridgehead atoms. The normalized spacial score (nSPS) is 10.4. The van der Waals surface area contributed by atoms with Crippen molar-refractivity contribution in [2.24, 2.45) is 7.05 Å². The molecule has 5 heteroatoms. The smallest absolute Gasteiger partial charge is 0.268 e. The Kier molecular flexibility index (Phi) is 4.09. The summed E-state index contributed by atoms with van der Waals surface area (Å²) in [6, 6.07) is 9.19. The Morgan fingerprint density at radius 2 is 2.06 bits per heavy atom. The number of amides is 1. The van der Waals surface area contributed by atoms with Crippen LogP contribution < -0.4 is 5.32 Å². The summed E-state index contributed by atoms with van der Waals surface area (Å²) in [6.45, 7) is 0.485. The van der Waals surface area contributed by atoms with Gasteiger partial charge in [-0.05, 0) is 39.7 Å². The number of nitrogens with zero attached hydrogens (tertiary/aromatic N) is 1. The highest BCUT2D eigenvalue weighted by Gasteiger charge is 2.10. The van der Waals surface area contributed by atoms with Crippen molar-refractivity contribution in [3.8, 4) is 0 Å². The van der Waals surface area contributed by atoms with Crippen LogP contribution in [0.1, 0.15) is 16.1 Å². The summed E-state index contributed by atoms with van der Waals surface area (Å²) in [4.78, 5) is 11.9. The minimum Gasteiger partial charge on any atom is -0.347 e. The minimum absolute atomic E-state index is 0.0989. The van der Waals surface area contributed by atoms with E-state index < -0.39 is 0 Å². The van der Waals surface area contributed by atoms with E-state index in [0.717, 1.165) is 10.0 Å². The van der Waals surface area contributed by atoms with Crippen molar-refractivity contribution in [2.75, 3.05) is 0 Å². The first-order valence-corrected chi connectivity index (χ1v) is 6.58. The summed E-state index contributed by atoms with van der Waals surface area (Å²) >= 11 is 9.14. The number of benzene rings is 1. The van der Waals surface area contributed by atoms with E-state index >= 15 is 0 Å². The van der Waals surface area contributed by atoms with Crippen LogP contribution in [0.15, 0.2) is 41.0 Å². The number of aryl methyl sites for hydroxylation is 1. The maximum Gasteiger partial charge on any atom is 0.268 e. The third-order valence-electron chi connectivity index (χ3n) is 2.57. The first-order valence-electron chi connectivity index (χ1n) is 5.41. The van der Waals surface area contributed by atoms with Gasteiger partial charge < -0.3 is 9.88 Å². The summed E-state index contributed by atoms with van der Waals surface area (Å²) in [5, 5.41) is 3.56. The lowest BCUT2D eigenvalue weighted by Gasteiger charge is -2.06. The number of rotatable bonds is 3. The number of nitrogens with one attached hydrogen (secondary N) is 1. The molecule has 0 spiro atoms. The first kappa shape index (κ1) is 13.2. The van der Waals surface area contributed by atoms with Gasteiger partial charge in [-0.2, -0.15) is 0 Å². The standard InChI is InChI=1S/C13H12BrClN2O/c1-17-8-10(14)6-12(17)13(18)16-7-9-2-4-11(15)5-3-9/h2-6,8H,7H2,1H3,(H,16,18). The third kappa shape index (κ3) is 3.15. The fourth-order valence-electron chi connectivity index (χ4n) is 1.63. The molecule has 1 amide bonds. The molecule has 1 heterocycles. The number of carbonyl (C=O) groups is 1. The van der Waals surface area contributed by atoms with Crippen molar-refractivity contribution in [3.63, 3.8) is 0 Å². The zero-order chi connectivity index (χ0) is 13.1. The molecule has 0 saturated heterocycles. The Labute approximate surface area is 119 Å². The highest BCUT2D eigenvalue weighted by atomic mass is 79.9. The molecular weight excluding hydrogens is 316 g/mol. The topological polar surface area (TPSA) is 34.0 Å². The molecule has 0 radical (unpaired) electrons. The molecule has 0 atom stereocenters. The van der Waals surface area contributed by atoms with Gasteiger partial charge in [-0.1, -0.05) is 23.7 Å². The van der Waals surface area contributed by atoms with E-state index in [1.807, 2.05) is 37.5 Å². The molecule has 0 fully saturated rings. The highest BCUT2D eigenvalue weighted by Crippen LogP contribution is 2.14. The summed E-state index contributed by atoms with van der Waals surface area (Å²) in [6.07, 6.45) is 1.84. The number of aromatic nitrogens is 1. The monoisotopic (exact) mass is 326 g/mol. The summed E-state index contributed by atoms with van der Waals surface area (Å²) in [5.74, 6) is -0.0989. The van der Waals surface area contributed by atoms with Gasteiger partial charge in [0.2, 0.25) is 0 Å². The molecule has 94 valence electrons. The van der Waals surface area contributed by atoms with Crippen molar-refractivity contribution in [2.45, 2.75) is 6.54 Å². The third-order valence-corrected chi connectivity index (χ3v) is 3.26. The van der Waals surface area contributed by atoms with E-state index in [4.69, 9.17) is 11.6 Å². The van der Waals surface area contributed by atoms with E-state index in [9.17, 15) is 4.79 Å². The van der Waals surface area contributed by atoms with Crippen LogP contribution in [-0.2, 0) is 13.6 Å². The van der Waals surface area contributed by atoms with E-state index in [1.54, 1.807) is 10.6 Å². The van der Waals surface area contributed by atoms with Crippen LogP contribution in [0.4, 0.5) is 0 Å². The minimum atomic E-state index is -0.0989. The van der Waals surface area contributed by atoms with Crippen molar-refractivity contribution in [3.05, 3.63) is 57.3 Å². The highest BCUT2D eigenvalue weighted by molar-refractivity contribution is 9.10. The SMILES string of the molecule is Cn1cc(Br)cc1C(=O)NCc1ccc(Cl)cc1. The summed E-state index contributed by atoms with van der Waals surface area (Å²) in [5.41, 5.74) is 1.64. The Morgan fingerprint density at radius 1 is 1.39 bits per heavy atom. The maximum absolute atomic E-state index is 11.9. The van der Waals surface area contributed by atoms with Gasteiger partial charge in [0.05, 0.1) is 0 Å². The largest absolute Gasteiger partial charge is 0.347 e. The number of carbonyl (C=O) groups excluding carboxylic acids is 1. The lowest BCUT2D eigenvalue weighted by molar-refractivity contribution is 0.0943. The van der Waals surface area contributed by atoms with Gasteiger partial charge in [0, 0.05) is 29.3 Å². The van der Waals surface area contributed by atoms with Gasteiger partial charge in [-0.3, -0.25) is 4.79 Å². The van der Waals surface area contributed by atoms with E-state index in [1.165, 1.54) is 0 Å². The first-order chi connectivity index (χ1) is 8.56. The lowest BCUT2D eigenvalue weighted by atomic mass is 10.2. The van der Waals surface area contributed by atoms with E-state index in [-0.39, 0.29) is 5.91 Å². The zero-order valence-corrected chi connectivity index (χ0v) is 12.1.